The van der Waals surface area contributed by atoms with Crippen molar-refractivity contribution < 1.29 is 19.2 Å². The number of ether oxygens (including phenoxy) is 1. The summed E-state index contributed by atoms with van der Waals surface area (Å²) in [4.78, 5) is 41.9. The zero-order valence-corrected chi connectivity index (χ0v) is 15.0. The largest absolute Gasteiger partial charge is 0.444 e. The number of carbonyl (C=O) groups is 2. The highest BCUT2D eigenvalue weighted by Crippen LogP contribution is 2.34. The van der Waals surface area contributed by atoms with Crippen LogP contribution < -0.4 is 4.90 Å². The summed E-state index contributed by atoms with van der Waals surface area (Å²) in [5, 5.41) is 10.7. The lowest BCUT2D eigenvalue weighted by Gasteiger charge is -2.33. The van der Waals surface area contributed by atoms with E-state index in [9.17, 15) is 19.7 Å². The average Bonchev–Trinajstić information content (AvgIpc) is 2.95. The number of nitro groups is 1. The van der Waals surface area contributed by atoms with Gasteiger partial charge in [-0.3, -0.25) is 4.79 Å². The van der Waals surface area contributed by atoms with Gasteiger partial charge in [-0.2, -0.15) is 0 Å². The second kappa shape index (κ2) is 6.54. The van der Waals surface area contributed by atoms with E-state index in [0.29, 0.717) is 31.7 Å². The summed E-state index contributed by atoms with van der Waals surface area (Å²) in [5.41, 5.74) is -0.0216. The van der Waals surface area contributed by atoms with Crippen LogP contribution in [-0.2, 0) is 9.53 Å². The molecule has 0 spiro atoms. The third-order valence-corrected chi connectivity index (χ3v) is 4.61. The fourth-order valence-corrected chi connectivity index (χ4v) is 3.42. The van der Waals surface area contributed by atoms with Gasteiger partial charge in [0.15, 0.2) is 6.20 Å². The molecule has 2 amide bonds. The molecule has 140 valence electrons. The predicted octanol–water partition coefficient (Wildman–Crippen LogP) is 2.21. The predicted molar refractivity (Wildman–Crippen MR) is 92.6 cm³/mol. The molecule has 2 aliphatic rings. The van der Waals surface area contributed by atoms with E-state index < -0.39 is 10.5 Å². The van der Waals surface area contributed by atoms with Crippen molar-refractivity contribution in [2.24, 2.45) is 11.8 Å². The number of hydrogen-bond acceptors (Lipinski definition) is 6. The number of hydrogen-bond donors (Lipinski definition) is 0. The molecule has 0 saturated carbocycles. The highest BCUT2D eigenvalue weighted by Gasteiger charge is 2.43. The number of carbonyl (C=O) groups excluding carboxylic acids is 2. The van der Waals surface area contributed by atoms with Crippen molar-refractivity contribution in [3.8, 4) is 0 Å². The van der Waals surface area contributed by atoms with E-state index in [-0.39, 0.29) is 29.7 Å². The summed E-state index contributed by atoms with van der Waals surface area (Å²) in [6, 6.07) is 2.82. The minimum Gasteiger partial charge on any atom is -0.444 e. The number of anilines is 1. The standard InChI is InChI=1S/C17H22N4O5/c1-17(2,3)26-16(23)19-8-11-6-15(22)20(10-12(11)9-19)13-4-5-14(18-7-13)21(24)25/h4-5,7,11-12H,6,8-10H2,1-3H3/t11-,12-/m0/s1. The van der Waals surface area contributed by atoms with Gasteiger partial charge in [-0.05, 0) is 48.6 Å². The van der Waals surface area contributed by atoms with Crippen molar-refractivity contribution >= 4 is 23.5 Å². The van der Waals surface area contributed by atoms with Gasteiger partial charge in [0.05, 0.1) is 5.69 Å². The first-order chi connectivity index (χ1) is 12.1. The molecule has 2 saturated heterocycles. The molecule has 9 nitrogen and oxygen atoms in total. The molecule has 1 aromatic rings. The van der Waals surface area contributed by atoms with Crippen molar-refractivity contribution in [2.45, 2.75) is 32.8 Å². The van der Waals surface area contributed by atoms with Gasteiger partial charge in [0.25, 0.3) is 0 Å². The first-order valence-electron chi connectivity index (χ1n) is 8.53. The van der Waals surface area contributed by atoms with Crippen LogP contribution in [0.1, 0.15) is 27.2 Å². The zero-order chi connectivity index (χ0) is 19.1. The molecule has 0 aliphatic carbocycles. The first-order valence-corrected chi connectivity index (χ1v) is 8.53. The summed E-state index contributed by atoms with van der Waals surface area (Å²) in [7, 11) is 0. The van der Waals surface area contributed by atoms with Crippen LogP contribution in [0.15, 0.2) is 18.3 Å². The van der Waals surface area contributed by atoms with Crippen LogP contribution in [0.3, 0.4) is 0 Å². The Morgan fingerprint density at radius 1 is 1.27 bits per heavy atom. The Bertz CT molecular complexity index is 728. The maximum atomic E-state index is 12.5. The highest BCUT2D eigenvalue weighted by atomic mass is 16.6. The second-order valence-corrected chi connectivity index (χ2v) is 7.75. The van der Waals surface area contributed by atoms with Crippen LogP contribution in [0.5, 0.6) is 0 Å². The van der Waals surface area contributed by atoms with Gasteiger partial charge >= 0.3 is 11.9 Å². The zero-order valence-electron chi connectivity index (χ0n) is 15.0. The maximum absolute atomic E-state index is 12.5. The highest BCUT2D eigenvalue weighted by molar-refractivity contribution is 5.94. The second-order valence-electron chi connectivity index (χ2n) is 7.75. The molecule has 3 rings (SSSR count). The number of piperidine rings is 1. The SMILES string of the molecule is CC(C)(C)OC(=O)N1C[C@@H]2CC(=O)N(c3ccc([N+](=O)[O-])nc3)C[C@@H]2C1. The number of nitrogens with zero attached hydrogens (tertiary/aromatic N) is 4. The summed E-state index contributed by atoms with van der Waals surface area (Å²) >= 11 is 0. The van der Waals surface area contributed by atoms with Gasteiger partial charge in [-0.15, -0.1) is 0 Å². The Hall–Kier alpha value is -2.71. The van der Waals surface area contributed by atoms with Crippen molar-refractivity contribution in [1.29, 1.82) is 0 Å². The van der Waals surface area contributed by atoms with E-state index in [2.05, 4.69) is 4.98 Å². The minimum absolute atomic E-state index is 0.0621. The van der Waals surface area contributed by atoms with E-state index in [1.165, 1.54) is 18.3 Å². The number of pyridine rings is 1. The quantitative estimate of drug-likeness (QED) is 0.590. The Kier molecular flexibility index (Phi) is 4.55. The Labute approximate surface area is 151 Å². The van der Waals surface area contributed by atoms with E-state index >= 15 is 0 Å². The first kappa shape index (κ1) is 18.1. The lowest BCUT2D eigenvalue weighted by molar-refractivity contribution is -0.389. The van der Waals surface area contributed by atoms with Gasteiger partial charge in [0, 0.05) is 32.1 Å². The van der Waals surface area contributed by atoms with Crippen LogP contribution >= 0.6 is 0 Å². The van der Waals surface area contributed by atoms with Gasteiger partial charge < -0.3 is 24.7 Å². The molecule has 26 heavy (non-hydrogen) atoms. The van der Waals surface area contributed by atoms with E-state index in [4.69, 9.17) is 4.74 Å². The van der Waals surface area contributed by atoms with Crippen molar-refractivity contribution in [3.05, 3.63) is 28.4 Å². The fraction of sp³-hybridized carbons (Fsp3) is 0.588. The van der Waals surface area contributed by atoms with E-state index in [0.717, 1.165) is 0 Å². The summed E-state index contributed by atoms with van der Waals surface area (Å²) < 4.78 is 5.42. The molecule has 0 bridgehead atoms. The van der Waals surface area contributed by atoms with Crippen LogP contribution in [0.25, 0.3) is 0 Å². The molecule has 2 atom stereocenters. The Morgan fingerprint density at radius 2 is 1.96 bits per heavy atom. The van der Waals surface area contributed by atoms with Gasteiger partial charge in [0.1, 0.15) is 5.60 Å². The van der Waals surface area contributed by atoms with Gasteiger partial charge in [-0.1, -0.05) is 0 Å². The van der Waals surface area contributed by atoms with E-state index in [1.807, 2.05) is 20.8 Å². The molecule has 0 unspecified atom stereocenters. The normalized spacial score (nSPS) is 23.0. The number of likely N-dealkylation sites (tertiary alicyclic amines) is 1. The van der Waals surface area contributed by atoms with Gasteiger partial charge in [-0.25, -0.2) is 4.79 Å². The van der Waals surface area contributed by atoms with Crippen molar-refractivity contribution in [1.82, 2.24) is 9.88 Å². The molecular formula is C17H22N4O5. The minimum atomic E-state index is -0.576. The van der Waals surface area contributed by atoms with Crippen LogP contribution in [0.2, 0.25) is 0 Å². The number of rotatable bonds is 2. The number of fused-ring (bicyclic) bond motifs is 1. The molecule has 2 fully saturated rings. The maximum Gasteiger partial charge on any atom is 0.410 e. The molecule has 1 aromatic heterocycles. The Morgan fingerprint density at radius 3 is 2.54 bits per heavy atom. The summed E-state index contributed by atoms with van der Waals surface area (Å²) in [6.07, 6.45) is 1.32. The Balaban J connectivity index is 1.69. The summed E-state index contributed by atoms with van der Waals surface area (Å²) in [5.74, 6) is -0.0614. The number of aromatic nitrogens is 1. The molecule has 0 aromatic carbocycles. The van der Waals surface area contributed by atoms with Gasteiger partial charge in [0.2, 0.25) is 5.91 Å². The molecule has 3 heterocycles. The van der Waals surface area contributed by atoms with Crippen LogP contribution in [0, 0.1) is 22.0 Å². The van der Waals surface area contributed by atoms with E-state index in [1.54, 1.807) is 9.80 Å². The van der Waals surface area contributed by atoms with Crippen molar-refractivity contribution in [2.75, 3.05) is 24.5 Å². The fourth-order valence-electron chi connectivity index (χ4n) is 3.42. The topological polar surface area (TPSA) is 106 Å². The molecule has 2 aliphatic heterocycles. The van der Waals surface area contributed by atoms with Crippen molar-refractivity contribution in [3.63, 3.8) is 0 Å². The number of amides is 2. The average molecular weight is 362 g/mol. The molecule has 0 N–H and O–H groups in total. The monoisotopic (exact) mass is 362 g/mol. The molecular weight excluding hydrogens is 340 g/mol. The third-order valence-electron chi connectivity index (χ3n) is 4.61. The van der Waals surface area contributed by atoms with Crippen LogP contribution in [-0.4, -0.2) is 52.0 Å². The molecule has 0 radical (unpaired) electrons. The third kappa shape index (κ3) is 3.76. The van der Waals surface area contributed by atoms with Crippen LogP contribution in [0.4, 0.5) is 16.3 Å². The smallest absolute Gasteiger partial charge is 0.410 e. The lowest BCUT2D eigenvalue weighted by Crippen LogP contribution is -2.44. The lowest BCUT2D eigenvalue weighted by atomic mass is 9.88. The molecule has 9 heteroatoms. The summed E-state index contributed by atoms with van der Waals surface area (Å²) in [6.45, 7) is 6.96.